The van der Waals surface area contributed by atoms with Crippen LogP contribution in [0.2, 0.25) is 5.02 Å². The van der Waals surface area contributed by atoms with Crippen molar-refractivity contribution in [2.45, 2.75) is 70.1 Å². The van der Waals surface area contributed by atoms with Crippen molar-refractivity contribution in [3.8, 4) is 5.75 Å². The molecule has 2 aromatic rings. The Balaban J connectivity index is 1.85. The molecule has 0 spiro atoms. The average molecular weight is 589 g/mol. The van der Waals surface area contributed by atoms with E-state index in [1.54, 1.807) is 6.92 Å². The van der Waals surface area contributed by atoms with Crippen LogP contribution in [0.25, 0.3) is 0 Å². The summed E-state index contributed by atoms with van der Waals surface area (Å²) in [4.78, 5) is 28.5. The van der Waals surface area contributed by atoms with E-state index in [-0.39, 0.29) is 18.2 Å². The number of nitrogens with zero attached hydrogens (tertiary/aromatic N) is 2. The lowest BCUT2D eigenvalue weighted by Gasteiger charge is -2.27. The van der Waals surface area contributed by atoms with Gasteiger partial charge >= 0.3 is 19.4 Å². The van der Waals surface area contributed by atoms with Gasteiger partial charge in [0.15, 0.2) is 6.23 Å². The summed E-state index contributed by atoms with van der Waals surface area (Å²) < 4.78 is 37.1. The number of aliphatic hydroxyl groups is 2. The van der Waals surface area contributed by atoms with Gasteiger partial charge in [-0.2, -0.15) is 10.1 Å². The number of nitrogen functional groups attached to an aromatic ring is 1. The van der Waals surface area contributed by atoms with Crippen LogP contribution >= 0.6 is 19.3 Å². The lowest BCUT2D eigenvalue weighted by Crippen LogP contribution is -2.46. The van der Waals surface area contributed by atoms with Gasteiger partial charge in [-0.25, -0.2) is 9.36 Å². The fourth-order valence-electron chi connectivity index (χ4n) is 3.95. The molecular weight excluding hydrogens is 555 g/mol. The van der Waals surface area contributed by atoms with Crippen molar-refractivity contribution in [3.63, 3.8) is 0 Å². The van der Waals surface area contributed by atoms with Crippen LogP contribution in [0, 0.1) is 0 Å². The van der Waals surface area contributed by atoms with Crippen molar-refractivity contribution < 1.29 is 38.1 Å². The summed E-state index contributed by atoms with van der Waals surface area (Å²) in [6, 6.07) is 6.28. The Morgan fingerprint density at radius 1 is 1.33 bits per heavy atom. The Kier molecular flexibility index (Phi) is 10.5. The predicted molar refractivity (Wildman–Crippen MR) is 142 cm³/mol. The van der Waals surface area contributed by atoms with Gasteiger partial charge in [-0.05, 0) is 50.6 Å². The Morgan fingerprint density at radius 3 is 2.64 bits per heavy atom. The second-order valence-electron chi connectivity index (χ2n) is 9.15. The first-order valence-corrected chi connectivity index (χ1v) is 14.4. The zero-order chi connectivity index (χ0) is 28.8. The maximum Gasteiger partial charge on any atom is 0.459 e. The fraction of sp³-hybridized carbons (Fsp3) is 0.542. The number of aromatic nitrogens is 2. The summed E-state index contributed by atoms with van der Waals surface area (Å²) in [5, 5.41) is 24.9. The number of ether oxygens (including phenoxy) is 2. The van der Waals surface area contributed by atoms with Crippen molar-refractivity contribution in [3.05, 3.63) is 52.0 Å². The first-order valence-electron chi connectivity index (χ1n) is 12.4. The van der Waals surface area contributed by atoms with E-state index in [1.807, 2.05) is 6.92 Å². The number of halogens is 1. The molecule has 0 bridgehead atoms. The molecule has 1 aliphatic heterocycles. The van der Waals surface area contributed by atoms with Gasteiger partial charge in [-0.3, -0.25) is 13.9 Å². The number of unbranched alkanes of at least 4 members (excludes halogenated alkanes) is 1. The minimum Gasteiger partial charge on any atom is -0.465 e. The largest absolute Gasteiger partial charge is 0.465 e. The van der Waals surface area contributed by atoms with Crippen molar-refractivity contribution in [2.24, 2.45) is 0 Å². The molecule has 13 nitrogen and oxygen atoms in total. The standard InChI is InChI=1S/C24H34ClN4O9P/c1-4-6-7-17(21(31)35-5-2)28-39(34,38-16-10-8-15(25)9-11-16)36-14-18-20(30)24(3,33)22(37-18)29-13-12-19(26)27-23(29)32/h8-13,17-18,20,22,30,33H,4-7,14H2,1-3H3,(H,28,34)(H2,26,27,32)/t17-,18+,20+,22+,24+,39?/m0/s1. The number of aliphatic hydroxyl groups excluding tert-OH is 1. The molecule has 1 fully saturated rings. The fourth-order valence-corrected chi connectivity index (χ4v) is 5.62. The van der Waals surface area contributed by atoms with Crippen LogP contribution in [0.4, 0.5) is 5.82 Å². The molecule has 2 heterocycles. The molecule has 1 saturated heterocycles. The zero-order valence-corrected chi connectivity index (χ0v) is 23.5. The van der Waals surface area contributed by atoms with E-state index in [2.05, 4.69) is 10.1 Å². The number of carbonyl (C=O) groups excluding carboxylic acids is 1. The number of rotatable bonds is 13. The molecule has 0 radical (unpaired) electrons. The van der Waals surface area contributed by atoms with Gasteiger partial charge in [0.2, 0.25) is 0 Å². The first-order chi connectivity index (χ1) is 18.4. The van der Waals surface area contributed by atoms with Crippen LogP contribution in [0.5, 0.6) is 5.75 Å². The number of hydrogen-bond donors (Lipinski definition) is 4. The Labute approximate surface area is 230 Å². The second kappa shape index (κ2) is 13.2. The Morgan fingerprint density at radius 2 is 2.03 bits per heavy atom. The highest BCUT2D eigenvalue weighted by Crippen LogP contribution is 2.47. The number of hydrogen-bond acceptors (Lipinski definition) is 11. The van der Waals surface area contributed by atoms with Gasteiger partial charge in [0.05, 0.1) is 13.2 Å². The first kappa shape index (κ1) is 31.0. The highest BCUT2D eigenvalue weighted by molar-refractivity contribution is 7.52. The molecule has 1 aromatic carbocycles. The summed E-state index contributed by atoms with van der Waals surface area (Å²) in [5.74, 6) is -0.532. The third-order valence-electron chi connectivity index (χ3n) is 6.04. The van der Waals surface area contributed by atoms with Gasteiger partial charge < -0.3 is 29.9 Å². The van der Waals surface area contributed by atoms with Gasteiger partial charge in [-0.15, -0.1) is 0 Å². The molecule has 0 saturated carbocycles. The zero-order valence-electron chi connectivity index (χ0n) is 21.9. The second-order valence-corrected chi connectivity index (χ2v) is 11.3. The lowest BCUT2D eigenvalue weighted by molar-refractivity contribution is -0.145. The van der Waals surface area contributed by atoms with Gasteiger partial charge in [0.25, 0.3) is 0 Å². The Bertz CT molecular complexity index is 1230. The number of nitrogens with two attached hydrogens (primary N) is 1. The number of esters is 1. The van der Waals surface area contributed by atoms with E-state index >= 15 is 0 Å². The van der Waals surface area contributed by atoms with E-state index in [1.165, 1.54) is 43.5 Å². The Hall–Kier alpha value is -2.51. The third-order valence-corrected chi connectivity index (χ3v) is 7.86. The molecule has 5 N–H and O–H groups in total. The van der Waals surface area contributed by atoms with E-state index in [0.717, 1.165) is 11.0 Å². The average Bonchev–Trinajstić information content (AvgIpc) is 3.10. The normalized spacial score (nSPS) is 25.1. The summed E-state index contributed by atoms with van der Waals surface area (Å²) in [6.07, 6.45) is -1.24. The molecule has 216 valence electrons. The van der Waals surface area contributed by atoms with Gasteiger partial charge in [0, 0.05) is 11.2 Å². The molecule has 6 atom stereocenters. The monoisotopic (exact) mass is 588 g/mol. The van der Waals surface area contributed by atoms with Crippen LogP contribution in [0.3, 0.4) is 0 Å². The van der Waals surface area contributed by atoms with Crippen molar-refractivity contribution in [1.82, 2.24) is 14.6 Å². The molecule has 15 heteroatoms. The highest BCUT2D eigenvalue weighted by Gasteiger charge is 2.54. The van der Waals surface area contributed by atoms with Crippen LogP contribution in [-0.2, 0) is 23.4 Å². The molecule has 39 heavy (non-hydrogen) atoms. The number of nitrogens with one attached hydrogen (secondary N) is 1. The minimum absolute atomic E-state index is 0.0279. The quantitative estimate of drug-likeness (QED) is 0.198. The molecule has 0 aliphatic carbocycles. The number of anilines is 1. The van der Waals surface area contributed by atoms with Crippen LogP contribution in [-0.4, -0.2) is 62.8 Å². The molecule has 1 aromatic heterocycles. The predicted octanol–water partition coefficient (Wildman–Crippen LogP) is 2.40. The van der Waals surface area contributed by atoms with Crippen molar-refractivity contribution in [1.29, 1.82) is 0 Å². The minimum atomic E-state index is -4.32. The van der Waals surface area contributed by atoms with E-state index in [0.29, 0.717) is 17.9 Å². The summed E-state index contributed by atoms with van der Waals surface area (Å²) >= 11 is 5.94. The molecular formula is C24H34ClN4O9P. The summed E-state index contributed by atoms with van der Waals surface area (Å²) in [5.41, 5.74) is 2.77. The third kappa shape index (κ3) is 7.79. The lowest BCUT2D eigenvalue weighted by atomic mass is 9.96. The molecule has 1 unspecified atom stereocenters. The van der Waals surface area contributed by atoms with Gasteiger partial charge in [0.1, 0.15) is 35.4 Å². The highest BCUT2D eigenvalue weighted by atomic mass is 35.5. The number of benzene rings is 1. The smallest absolute Gasteiger partial charge is 0.459 e. The van der Waals surface area contributed by atoms with Crippen molar-refractivity contribution in [2.75, 3.05) is 18.9 Å². The summed E-state index contributed by atoms with van der Waals surface area (Å²) in [7, 11) is -4.32. The number of carbonyl (C=O) groups is 1. The van der Waals surface area contributed by atoms with Gasteiger partial charge in [-0.1, -0.05) is 31.4 Å². The summed E-state index contributed by atoms with van der Waals surface area (Å²) in [6.45, 7) is 4.43. The van der Waals surface area contributed by atoms with Crippen molar-refractivity contribution >= 4 is 31.1 Å². The maximum absolute atomic E-state index is 13.9. The van der Waals surface area contributed by atoms with E-state index < -0.39 is 56.1 Å². The topological polar surface area (TPSA) is 184 Å². The maximum atomic E-state index is 13.9. The van der Waals surface area contributed by atoms with Crippen LogP contribution in [0.15, 0.2) is 41.3 Å². The SMILES string of the molecule is CCCC[C@H](NP(=O)(OC[C@H]1O[C@@H](n2ccc(N)nc2=O)[C@](C)(O)[C@@H]1O)Oc1ccc(Cl)cc1)C(=O)OCC. The molecule has 1 aliphatic rings. The van der Waals surface area contributed by atoms with Crippen LogP contribution in [0.1, 0.15) is 46.3 Å². The molecule has 0 amide bonds. The molecule has 3 rings (SSSR count). The van der Waals surface area contributed by atoms with E-state index in [4.69, 9.17) is 35.9 Å². The van der Waals surface area contributed by atoms with E-state index in [9.17, 15) is 24.4 Å². The van der Waals surface area contributed by atoms with Crippen LogP contribution < -0.4 is 21.0 Å².